The van der Waals surface area contributed by atoms with Gasteiger partial charge in [-0.1, -0.05) is 0 Å². The average molecular weight is 483 g/mol. The van der Waals surface area contributed by atoms with Crippen LogP contribution in [-0.2, 0) is 29.7 Å². The quantitative estimate of drug-likeness (QED) is 0.468. The van der Waals surface area contributed by atoms with Crippen molar-refractivity contribution in [1.29, 1.82) is 0 Å². The lowest BCUT2D eigenvalue weighted by molar-refractivity contribution is -0.686. The topological polar surface area (TPSA) is 95.3 Å². The molecule has 3 heterocycles. The highest BCUT2D eigenvalue weighted by Gasteiger charge is 2.29. The third-order valence-electron chi connectivity index (χ3n) is 6.78. The van der Waals surface area contributed by atoms with E-state index in [1.165, 1.54) is 11.3 Å². The third-order valence-corrected chi connectivity index (χ3v) is 6.78. The Kier molecular flexibility index (Phi) is 7.75. The van der Waals surface area contributed by atoms with Crippen LogP contribution < -0.4 is 19.7 Å². The predicted molar refractivity (Wildman–Crippen MR) is 134 cm³/mol. The molecule has 9 nitrogen and oxygen atoms in total. The van der Waals surface area contributed by atoms with E-state index in [1.54, 1.807) is 14.2 Å². The van der Waals surface area contributed by atoms with E-state index in [1.807, 2.05) is 37.0 Å². The molecule has 1 aromatic carbocycles. The smallest absolute Gasteiger partial charge is 0.310 e. The Bertz CT molecular complexity index is 1190. The largest absolute Gasteiger partial charge is 0.493 e. The highest BCUT2D eigenvalue weighted by Crippen LogP contribution is 2.34. The number of anilines is 1. The fourth-order valence-corrected chi connectivity index (χ4v) is 4.71. The number of hydrogen-bond donors (Lipinski definition) is 1. The number of piperidine rings is 1. The summed E-state index contributed by atoms with van der Waals surface area (Å²) in [5.41, 5.74) is 4.34. The van der Waals surface area contributed by atoms with E-state index in [9.17, 15) is 4.79 Å². The van der Waals surface area contributed by atoms with Gasteiger partial charge in [0.25, 0.3) is 0 Å². The number of ether oxygens (including phenoxy) is 3. The minimum atomic E-state index is -0.138. The van der Waals surface area contributed by atoms with E-state index in [2.05, 4.69) is 28.3 Å². The van der Waals surface area contributed by atoms with Crippen LogP contribution >= 0.6 is 0 Å². The molecule has 0 aliphatic carbocycles. The van der Waals surface area contributed by atoms with Gasteiger partial charge in [0.1, 0.15) is 18.9 Å². The number of esters is 1. The van der Waals surface area contributed by atoms with Crippen molar-refractivity contribution in [1.82, 2.24) is 14.8 Å². The van der Waals surface area contributed by atoms with Crippen LogP contribution in [0.15, 0.2) is 24.4 Å². The van der Waals surface area contributed by atoms with Gasteiger partial charge in [0, 0.05) is 48.4 Å². The lowest BCUT2D eigenvalue weighted by Gasteiger charge is -2.33. The zero-order chi connectivity index (χ0) is 24.9. The Morgan fingerprint density at radius 1 is 1.14 bits per heavy atom. The summed E-state index contributed by atoms with van der Waals surface area (Å²) in [4.78, 5) is 19.8. The number of aryl methyl sites for hydroxylation is 1. The summed E-state index contributed by atoms with van der Waals surface area (Å²) in [5.74, 6) is 1.98. The van der Waals surface area contributed by atoms with Gasteiger partial charge in [-0.15, -0.1) is 0 Å². The van der Waals surface area contributed by atoms with Crippen LogP contribution in [0, 0.1) is 12.8 Å². The van der Waals surface area contributed by atoms with Crippen molar-refractivity contribution in [2.24, 2.45) is 13.0 Å². The van der Waals surface area contributed by atoms with Crippen LogP contribution in [0.3, 0.4) is 0 Å². The molecule has 0 spiro atoms. The molecule has 1 unspecified atom stereocenters. The molecule has 0 amide bonds. The molecule has 3 aromatic rings. The molecular formula is C26H36N5O4+. The van der Waals surface area contributed by atoms with Crippen LogP contribution in [0.5, 0.6) is 11.5 Å². The standard InChI is InChI=1S/C26H35N5O4/c1-6-35-26(32)18-8-7-9-31(16-18)25-20(13-27-14-21-15-28-30(3)17(21)2)10-19-11-23(33-4)24(34-5)12-22(19)29-25/h10-12,15,18,27H,6-9,13-14,16H2,1-5H3/p+1. The maximum absolute atomic E-state index is 12.5. The molecule has 4 rings (SSSR count). The van der Waals surface area contributed by atoms with Crippen molar-refractivity contribution in [3.8, 4) is 11.5 Å². The second kappa shape index (κ2) is 10.9. The maximum Gasteiger partial charge on any atom is 0.310 e. The molecule has 1 atom stereocenters. The number of carbonyl (C=O) groups excluding carboxylic acids is 1. The minimum Gasteiger partial charge on any atom is -0.493 e. The maximum atomic E-state index is 12.5. The number of quaternary nitrogens is 1. The molecule has 188 valence electrons. The summed E-state index contributed by atoms with van der Waals surface area (Å²) < 4.78 is 18.2. The van der Waals surface area contributed by atoms with Crippen LogP contribution in [0.1, 0.15) is 36.6 Å². The Hall–Kier alpha value is -3.33. The summed E-state index contributed by atoms with van der Waals surface area (Å²) in [7, 11) is 5.23. The SMILES string of the molecule is CCOC(=O)C1CCCN(c2nc3cc(OC)c(OC)cc3cc2C[NH2+]Cc2cnn(C)c2C)C1. The highest BCUT2D eigenvalue weighted by atomic mass is 16.5. The first kappa shape index (κ1) is 24.8. The van der Waals surface area contributed by atoms with Gasteiger partial charge in [-0.05, 0) is 38.8 Å². The van der Waals surface area contributed by atoms with Gasteiger partial charge in [0.15, 0.2) is 11.5 Å². The number of aromatic nitrogens is 3. The van der Waals surface area contributed by atoms with Crippen molar-refractivity contribution >= 4 is 22.7 Å². The normalized spacial score (nSPS) is 15.9. The van der Waals surface area contributed by atoms with Gasteiger partial charge in [-0.3, -0.25) is 9.48 Å². The van der Waals surface area contributed by atoms with Crippen molar-refractivity contribution in [3.05, 3.63) is 41.2 Å². The summed E-state index contributed by atoms with van der Waals surface area (Å²) in [6, 6.07) is 6.06. The second-order valence-electron chi connectivity index (χ2n) is 8.98. The molecule has 2 aromatic heterocycles. The zero-order valence-corrected chi connectivity index (χ0v) is 21.3. The predicted octanol–water partition coefficient (Wildman–Crippen LogP) is 2.34. The van der Waals surface area contributed by atoms with E-state index in [0.717, 1.165) is 54.8 Å². The molecule has 0 saturated carbocycles. The summed E-state index contributed by atoms with van der Waals surface area (Å²) in [5, 5.41) is 7.62. The molecule has 0 radical (unpaired) electrons. The van der Waals surface area contributed by atoms with E-state index < -0.39 is 0 Å². The number of methoxy groups -OCH3 is 2. The van der Waals surface area contributed by atoms with Crippen LogP contribution in [0.25, 0.3) is 10.9 Å². The van der Waals surface area contributed by atoms with E-state index in [0.29, 0.717) is 24.7 Å². The Balaban J connectivity index is 1.66. The lowest BCUT2D eigenvalue weighted by Crippen LogP contribution is -2.80. The van der Waals surface area contributed by atoms with Gasteiger partial charge in [0.2, 0.25) is 0 Å². The molecule has 9 heteroatoms. The van der Waals surface area contributed by atoms with Gasteiger partial charge in [-0.25, -0.2) is 4.98 Å². The molecule has 1 saturated heterocycles. The molecule has 1 aliphatic heterocycles. The third kappa shape index (κ3) is 5.35. The molecule has 1 aliphatic rings. The number of rotatable bonds is 9. The second-order valence-corrected chi connectivity index (χ2v) is 8.98. The number of pyridine rings is 1. The van der Waals surface area contributed by atoms with E-state index in [4.69, 9.17) is 19.2 Å². The number of hydrogen-bond acceptors (Lipinski definition) is 7. The number of nitrogens with zero attached hydrogens (tertiary/aromatic N) is 4. The van der Waals surface area contributed by atoms with Gasteiger partial charge in [0.05, 0.1) is 38.5 Å². The van der Waals surface area contributed by atoms with Crippen molar-refractivity contribution in [2.45, 2.75) is 39.8 Å². The Morgan fingerprint density at radius 2 is 1.89 bits per heavy atom. The fourth-order valence-electron chi connectivity index (χ4n) is 4.71. The average Bonchev–Trinajstić information content (AvgIpc) is 3.20. The van der Waals surface area contributed by atoms with Crippen LogP contribution in [0.4, 0.5) is 5.82 Å². The molecule has 35 heavy (non-hydrogen) atoms. The molecular weight excluding hydrogens is 446 g/mol. The summed E-state index contributed by atoms with van der Waals surface area (Å²) in [6.45, 7) is 7.38. The number of fused-ring (bicyclic) bond motifs is 1. The summed E-state index contributed by atoms with van der Waals surface area (Å²) in [6.07, 6.45) is 3.69. The van der Waals surface area contributed by atoms with Gasteiger partial charge in [-0.2, -0.15) is 5.10 Å². The number of carbonyl (C=O) groups is 1. The van der Waals surface area contributed by atoms with Crippen molar-refractivity contribution in [3.63, 3.8) is 0 Å². The fraction of sp³-hybridized carbons (Fsp3) is 0.500. The number of benzene rings is 1. The van der Waals surface area contributed by atoms with Gasteiger partial charge < -0.3 is 24.4 Å². The first-order chi connectivity index (χ1) is 16.9. The van der Waals surface area contributed by atoms with Crippen LogP contribution in [-0.4, -0.2) is 54.6 Å². The van der Waals surface area contributed by atoms with E-state index in [-0.39, 0.29) is 11.9 Å². The molecule has 1 fully saturated rings. The highest BCUT2D eigenvalue weighted by molar-refractivity contribution is 5.85. The van der Waals surface area contributed by atoms with E-state index >= 15 is 0 Å². The first-order valence-electron chi connectivity index (χ1n) is 12.2. The van der Waals surface area contributed by atoms with Crippen LogP contribution in [0.2, 0.25) is 0 Å². The van der Waals surface area contributed by atoms with Crippen molar-refractivity contribution in [2.75, 3.05) is 38.8 Å². The molecule has 2 N–H and O–H groups in total. The number of nitrogens with two attached hydrogens (primary N) is 1. The molecule has 0 bridgehead atoms. The van der Waals surface area contributed by atoms with Gasteiger partial charge >= 0.3 is 5.97 Å². The van der Waals surface area contributed by atoms with Crippen molar-refractivity contribution < 1.29 is 24.3 Å². The Morgan fingerprint density at radius 3 is 2.57 bits per heavy atom. The minimum absolute atomic E-state index is 0.121. The monoisotopic (exact) mass is 482 g/mol. The lowest BCUT2D eigenvalue weighted by atomic mass is 9.97. The first-order valence-corrected chi connectivity index (χ1v) is 12.2. The summed E-state index contributed by atoms with van der Waals surface area (Å²) >= 11 is 0. The zero-order valence-electron chi connectivity index (χ0n) is 21.3. The Labute approximate surface area is 206 Å².